The van der Waals surface area contributed by atoms with E-state index in [-0.39, 0.29) is 0 Å². The fourth-order valence-corrected chi connectivity index (χ4v) is 2.49. The molecule has 0 aliphatic heterocycles. The molecule has 0 atom stereocenters. The van der Waals surface area contributed by atoms with Crippen LogP contribution in [0.25, 0.3) is 4.91 Å². The molecule has 4 heteroatoms. The minimum atomic E-state index is 0.876. The van der Waals surface area contributed by atoms with E-state index < -0.39 is 0 Å². The Kier molecular flexibility index (Phi) is 5.17. The number of benzene rings is 1. The number of hydrogen-bond donors (Lipinski definition) is 0. The molecule has 0 fully saturated rings. The van der Waals surface area contributed by atoms with Crippen LogP contribution in [0.5, 0.6) is 0 Å². The smallest absolute Gasteiger partial charge is 0.168 e. The van der Waals surface area contributed by atoms with E-state index in [0.29, 0.717) is 0 Å². The molecule has 0 spiro atoms. The quantitative estimate of drug-likeness (QED) is 0.623. The lowest BCUT2D eigenvalue weighted by atomic mass is 10.2. The molecule has 0 unspecified atom stereocenters. The van der Waals surface area contributed by atoms with Gasteiger partial charge in [0.1, 0.15) is 0 Å². The second-order valence-electron chi connectivity index (χ2n) is 4.87. The van der Waals surface area contributed by atoms with Gasteiger partial charge < -0.3 is 4.90 Å². The van der Waals surface area contributed by atoms with Gasteiger partial charge in [-0.15, -0.1) is 0 Å². The van der Waals surface area contributed by atoms with Crippen LogP contribution in [0.15, 0.2) is 60.2 Å². The lowest BCUT2D eigenvalue weighted by Crippen LogP contribution is -2.18. The summed E-state index contributed by atoms with van der Waals surface area (Å²) in [6.45, 7) is 6.16. The third kappa shape index (κ3) is 4.46. The van der Waals surface area contributed by atoms with E-state index in [9.17, 15) is 0 Å². The number of nitrogens with zero attached hydrogens (tertiary/aromatic N) is 3. The molecule has 2 rings (SSSR count). The van der Waals surface area contributed by atoms with Gasteiger partial charge in [0.15, 0.2) is 5.17 Å². The van der Waals surface area contributed by atoms with Crippen molar-refractivity contribution >= 4 is 27.5 Å². The summed E-state index contributed by atoms with van der Waals surface area (Å²) in [6.07, 6.45) is 1.77. The zero-order chi connectivity index (χ0) is 15.2. The largest absolute Gasteiger partial charge is 0.357 e. The lowest BCUT2D eigenvalue weighted by molar-refractivity contribution is 0.637. The molecular weight excluding hydrogens is 278 g/mol. The minimum Gasteiger partial charge on any atom is -0.357 e. The first-order valence-electron chi connectivity index (χ1n) is 6.67. The van der Waals surface area contributed by atoms with Gasteiger partial charge in [-0.1, -0.05) is 36.5 Å². The molecule has 0 bridgehead atoms. The van der Waals surface area contributed by atoms with Crippen molar-refractivity contribution in [1.82, 2.24) is 9.88 Å². The van der Waals surface area contributed by atoms with E-state index in [4.69, 9.17) is 4.99 Å². The minimum absolute atomic E-state index is 0.876. The van der Waals surface area contributed by atoms with Crippen LogP contribution in [0.1, 0.15) is 11.3 Å². The molecule has 0 aliphatic carbocycles. The molecule has 2 aromatic rings. The fraction of sp³-hybridized carbons (Fsp3) is 0.176. The third-order valence-electron chi connectivity index (χ3n) is 2.77. The Balaban J connectivity index is 2.22. The fourth-order valence-electron chi connectivity index (χ4n) is 1.71. The summed E-state index contributed by atoms with van der Waals surface area (Å²) in [5.41, 5.74) is 3.02. The second kappa shape index (κ2) is 7.09. The summed E-state index contributed by atoms with van der Waals surface area (Å²) in [6, 6.07) is 14.0. The molecule has 21 heavy (non-hydrogen) atoms. The normalized spacial score (nSPS) is 11.3. The number of rotatable bonds is 3. The van der Waals surface area contributed by atoms with E-state index in [0.717, 1.165) is 21.5 Å². The summed E-state index contributed by atoms with van der Waals surface area (Å²) < 4.78 is 0. The number of aliphatic imine (C=N–C) groups is 1. The molecule has 3 nitrogen and oxygen atoms in total. The van der Waals surface area contributed by atoms with Crippen molar-refractivity contribution in [3.63, 3.8) is 0 Å². The van der Waals surface area contributed by atoms with E-state index in [2.05, 4.69) is 30.6 Å². The van der Waals surface area contributed by atoms with Crippen molar-refractivity contribution in [1.29, 1.82) is 0 Å². The highest BCUT2D eigenvalue weighted by Crippen LogP contribution is 2.28. The van der Waals surface area contributed by atoms with Gasteiger partial charge in [0.05, 0.1) is 11.4 Å². The molecule has 1 heterocycles. The monoisotopic (exact) mass is 297 g/mol. The SMILES string of the molecule is C=C(SC(=Nc1cccc(C)c1)N(C)C)c1ccccn1. The van der Waals surface area contributed by atoms with Crippen LogP contribution >= 0.6 is 11.8 Å². The Morgan fingerprint density at radius 1 is 1.19 bits per heavy atom. The molecule has 0 amide bonds. The Labute approximate surface area is 130 Å². The molecule has 0 aliphatic rings. The average Bonchev–Trinajstić information content (AvgIpc) is 2.47. The zero-order valence-electron chi connectivity index (χ0n) is 12.6. The van der Waals surface area contributed by atoms with Crippen molar-refractivity contribution in [2.45, 2.75) is 6.92 Å². The number of aromatic nitrogens is 1. The summed E-state index contributed by atoms with van der Waals surface area (Å²) in [7, 11) is 3.96. The predicted molar refractivity (Wildman–Crippen MR) is 92.8 cm³/mol. The summed E-state index contributed by atoms with van der Waals surface area (Å²) in [4.78, 5) is 11.9. The maximum Gasteiger partial charge on any atom is 0.168 e. The van der Waals surface area contributed by atoms with Crippen LogP contribution < -0.4 is 0 Å². The maximum absolute atomic E-state index is 4.70. The number of hydrogen-bond acceptors (Lipinski definition) is 3. The van der Waals surface area contributed by atoms with Crippen molar-refractivity contribution in [3.8, 4) is 0 Å². The van der Waals surface area contributed by atoms with Crippen molar-refractivity contribution in [2.24, 2.45) is 4.99 Å². The highest BCUT2D eigenvalue weighted by molar-refractivity contribution is 8.21. The van der Waals surface area contributed by atoms with E-state index in [1.165, 1.54) is 17.3 Å². The molecule has 1 aromatic heterocycles. The van der Waals surface area contributed by atoms with E-state index in [1.54, 1.807) is 6.20 Å². The number of pyridine rings is 1. The third-order valence-corrected chi connectivity index (χ3v) is 3.87. The number of thioether (sulfide) groups is 1. The Hall–Kier alpha value is -2.07. The van der Waals surface area contributed by atoms with Gasteiger partial charge in [0.25, 0.3) is 0 Å². The highest BCUT2D eigenvalue weighted by Gasteiger charge is 2.09. The van der Waals surface area contributed by atoms with Gasteiger partial charge in [-0.25, -0.2) is 4.99 Å². The zero-order valence-corrected chi connectivity index (χ0v) is 13.4. The van der Waals surface area contributed by atoms with Gasteiger partial charge in [-0.05, 0) is 36.8 Å². The highest BCUT2D eigenvalue weighted by atomic mass is 32.2. The van der Waals surface area contributed by atoms with Crippen LogP contribution in [-0.4, -0.2) is 29.1 Å². The standard InChI is InChI=1S/C17H19N3S/c1-13-8-7-9-15(12-13)19-17(20(3)4)21-14(2)16-10-5-6-11-18-16/h5-12H,2H2,1,3-4H3. The Morgan fingerprint density at radius 2 is 2.00 bits per heavy atom. The van der Waals surface area contributed by atoms with Crippen molar-refractivity contribution in [3.05, 3.63) is 66.5 Å². The first-order chi connectivity index (χ1) is 10.1. The first kappa shape index (κ1) is 15.3. The maximum atomic E-state index is 4.70. The van der Waals surface area contributed by atoms with Crippen LogP contribution in [0.3, 0.4) is 0 Å². The van der Waals surface area contributed by atoms with Crippen LogP contribution in [0.4, 0.5) is 5.69 Å². The Bertz CT molecular complexity index is 648. The molecule has 0 N–H and O–H groups in total. The summed E-state index contributed by atoms with van der Waals surface area (Å²) in [5, 5.41) is 0.885. The second-order valence-corrected chi connectivity index (χ2v) is 5.93. The number of amidine groups is 1. The number of aryl methyl sites for hydroxylation is 1. The predicted octanol–water partition coefficient (Wildman–Crippen LogP) is 4.34. The average molecular weight is 297 g/mol. The van der Waals surface area contributed by atoms with Crippen molar-refractivity contribution in [2.75, 3.05) is 14.1 Å². The van der Waals surface area contributed by atoms with Gasteiger partial charge in [-0.3, -0.25) is 4.98 Å². The summed E-state index contributed by atoms with van der Waals surface area (Å²) >= 11 is 1.53. The van der Waals surface area contributed by atoms with E-state index in [1.807, 2.05) is 49.3 Å². The van der Waals surface area contributed by atoms with Gasteiger partial charge in [0, 0.05) is 25.2 Å². The molecule has 0 saturated heterocycles. The molecule has 108 valence electrons. The molecule has 1 aromatic carbocycles. The van der Waals surface area contributed by atoms with Gasteiger partial charge >= 0.3 is 0 Å². The van der Waals surface area contributed by atoms with Crippen LogP contribution in [-0.2, 0) is 0 Å². The van der Waals surface area contributed by atoms with Gasteiger partial charge in [-0.2, -0.15) is 0 Å². The first-order valence-corrected chi connectivity index (χ1v) is 7.49. The molecular formula is C17H19N3S. The topological polar surface area (TPSA) is 28.5 Å². The van der Waals surface area contributed by atoms with Crippen LogP contribution in [0.2, 0.25) is 0 Å². The van der Waals surface area contributed by atoms with Gasteiger partial charge in [0.2, 0.25) is 0 Å². The van der Waals surface area contributed by atoms with E-state index >= 15 is 0 Å². The summed E-state index contributed by atoms with van der Waals surface area (Å²) in [5.74, 6) is 0. The Morgan fingerprint density at radius 3 is 2.62 bits per heavy atom. The lowest BCUT2D eigenvalue weighted by Gasteiger charge is -2.16. The molecule has 0 saturated carbocycles. The van der Waals surface area contributed by atoms with Crippen LogP contribution in [0, 0.1) is 6.92 Å². The molecule has 0 radical (unpaired) electrons. The van der Waals surface area contributed by atoms with Crippen molar-refractivity contribution < 1.29 is 0 Å².